The number of aromatic nitrogens is 2. The predicted octanol–water partition coefficient (Wildman–Crippen LogP) is 1.05. The van der Waals surface area contributed by atoms with E-state index in [2.05, 4.69) is 20.6 Å². The lowest BCUT2D eigenvalue weighted by Gasteiger charge is -2.38. The van der Waals surface area contributed by atoms with Crippen LogP contribution >= 0.6 is 0 Å². The first kappa shape index (κ1) is 17.0. The Morgan fingerprint density at radius 2 is 2.08 bits per heavy atom. The van der Waals surface area contributed by atoms with Crippen LogP contribution in [-0.2, 0) is 6.54 Å². The summed E-state index contributed by atoms with van der Waals surface area (Å²) in [5.74, 6) is -0.0345. The molecule has 2 atom stereocenters. The summed E-state index contributed by atoms with van der Waals surface area (Å²) in [5, 5.41) is 15.6. The molecule has 2 aromatic rings. The fraction of sp³-hybridized carbons (Fsp3) is 0.353. The summed E-state index contributed by atoms with van der Waals surface area (Å²) in [6, 6.07) is 9.52. The number of likely N-dealkylation sites (tertiary alicyclic amines) is 1. The molecule has 8 nitrogen and oxygen atoms in total. The average Bonchev–Trinajstić information content (AvgIpc) is 3.16. The summed E-state index contributed by atoms with van der Waals surface area (Å²) in [5.41, 5.74) is 1.10. The van der Waals surface area contributed by atoms with Crippen LogP contribution in [0.5, 0.6) is 0 Å². The van der Waals surface area contributed by atoms with Gasteiger partial charge in [-0.05, 0) is 12.0 Å². The molecule has 1 saturated heterocycles. The van der Waals surface area contributed by atoms with Crippen molar-refractivity contribution in [2.45, 2.75) is 25.0 Å². The van der Waals surface area contributed by atoms with E-state index < -0.39 is 6.09 Å². The first-order chi connectivity index (χ1) is 12.1. The molecule has 2 heterocycles. The maximum Gasteiger partial charge on any atom is 0.407 e. The summed E-state index contributed by atoms with van der Waals surface area (Å²) in [4.78, 5) is 31.6. The van der Waals surface area contributed by atoms with Gasteiger partial charge in [0.1, 0.15) is 0 Å². The number of piperidine rings is 1. The molecule has 1 aliphatic heterocycles. The van der Waals surface area contributed by atoms with Gasteiger partial charge >= 0.3 is 6.09 Å². The van der Waals surface area contributed by atoms with Gasteiger partial charge in [0, 0.05) is 44.1 Å². The van der Waals surface area contributed by atoms with Gasteiger partial charge in [-0.1, -0.05) is 30.3 Å². The third kappa shape index (κ3) is 4.36. The maximum absolute atomic E-state index is 12.2. The number of carbonyl (C=O) groups excluding carboxylic acids is 1. The van der Waals surface area contributed by atoms with E-state index in [4.69, 9.17) is 0 Å². The fourth-order valence-corrected chi connectivity index (χ4v) is 2.98. The van der Waals surface area contributed by atoms with E-state index in [-0.39, 0.29) is 23.8 Å². The van der Waals surface area contributed by atoms with Crippen LogP contribution in [0, 0.1) is 0 Å². The van der Waals surface area contributed by atoms with Crippen molar-refractivity contribution in [3.63, 3.8) is 0 Å². The van der Waals surface area contributed by atoms with E-state index in [1.165, 1.54) is 11.1 Å². The van der Waals surface area contributed by atoms with E-state index in [1.807, 2.05) is 30.3 Å². The molecule has 1 aromatic heterocycles. The minimum absolute atomic E-state index is 0.170. The Labute approximate surface area is 145 Å². The van der Waals surface area contributed by atoms with Crippen molar-refractivity contribution >= 4 is 12.0 Å². The topological polar surface area (TPSA) is 110 Å². The number of hydrogen-bond donors (Lipinski definition) is 4. The lowest BCUT2D eigenvalue weighted by atomic mass is 9.98. The van der Waals surface area contributed by atoms with Crippen LogP contribution in [0.1, 0.15) is 22.6 Å². The summed E-state index contributed by atoms with van der Waals surface area (Å²) < 4.78 is 0. The second-order valence-electron chi connectivity index (χ2n) is 6.01. The average molecular weight is 343 g/mol. The molecule has 1 aliphatic rings. The summed E-state index contributed by atoms with van der Waals surface area (Å²) in [6.45, 7) is 1.32. The summed E-state index contributed by atoms with van der Waals surface area (Å²) in [6.07, 6.45) is 2.72. The molecule has 3 rings (SSSR count). The normalized spacial score (nSPS) is 20.2. The van der Waals surface area contributed by atoms with E-state index in [0.717, 1.165) is 5.56 Å². The first-order valence-corrected chi connectivity index (χ1v) is 8.19. The predicted molar refractivity (Wildman–Crippen MR) is 91.1 cm³/mol. The zero-order valence-electron chi connectivity index (χ0n) is 13.7. The van der Waals surface area contributed by atoms with Crippen LogP contribution in [0.25, 0.3) is 0 Å². The van der Waals surface area contributed by atoms with Crippen molar-refractivity contribution in [2.24, 2.45) is 0 Å². The monoisotopic (exact) mass is 343 g/mol. The molecule has 25 heavy (non-hydrogen) atoms. The van der Waals surface area contributed by atoms with Crippen molar-refractivity contribution in [2.75, 3.05) is 13.1 Å². The SMILES string of the molecule is O=C(NC1CCN(C(=O)O)CC1NCc1ccccc1)c1ncc[nH]1. The highest BCUT2D eigenvalue weighted by atomic mass is 16.4. The summed E-state index contributed by atoms with van der Waals surface area (Å²) in [7, 11) is 0. The molecule has 0 bridgehead atoms. The highest BCUT2D eigenvalue weighted by Crippen LogP contribution is 2.13. The number of carbonyl (C=O) groups is 2. The molecule has 2 unspecified atom stereocenters. The number of amides is 2. The first-order valence-electron chi connectivity index (χ1n) is 8.19. The van der Waals surface area contributed by atoms with Gasteiger partial charge in [-0.25, -0.2) is 9.78 Å². The number of nitrogens with zero attached hydrogens (tertiary/aromatic N) is 2. The second kappa shape index (κ2) is 7.80. The van der Waals surface area contributed by atoms with Gasteiger partial charge in [-0.3, -0.25) is 4.79 Å². The zero-order chi connectivity index (χ0) is 17.6. The number of rotatable bonds is 5. The molecular weight excluding hydrogens is 322 g/mol. The quantitative estimate of drug-likeness (QED) is 0.649. The van der Waals surface area contributed by atoms with Gasteiger partial charge in [0.15, 0.2) is 5.82 Å². The van der Waals surface area contributed by atoms with Crippen molar-refractivity contribution in [3.8, 4) is 0 Å². The molecule has 1 fully saturated rings. The number of carboxylic acid groups (broad SMARTS) is 1. The summed E-state index contributed by atoms with van der Waals surface area (Å²) >= 11 is 0. The lowest BCUT2D eigenvalue weighted by Crippen LogP contribution is -2.60. The molecule has 0 saturated carbocycles. The van der Waals surface area contributed by atoms with Gasteiger partial charge < -0.3 is 25.6 Å². The Bertz CT molecular complexity index is 704. The van der Waals surface area contributed by atoms with Gasteiger partial charge in [0.25, 0.3) is 5.91 Å². The van der Waals surface area contributed by atoms with E-state index in [1.54, 1.807) is 6.20 Å². The largest absolute Gasteiger partial charge is 0.465 e. The van der Waals surface area contributed by atoms with Gasteiger partial charge in [0.05, 0.1) is 0 Å². The molecule has 8 heteroatoms. The van der Waals surface area contributed by atoms with E-state index in [9.17, 15) is 14.7 Å². The van der Waals surface area contributed by atoms with Crippen LogP contribution < -0.4 is 10.6 Å². The molecule has 132 valence electrons. The third-order valence-corrected chi connectivity index (χ3v) is 4.32. The minimum atomic E-state index is -0.942. The van der Waals surface area contributed by atoms with Gasteiger partial charge in [0.2, 0.25) is 0 Å². The molecule has 0 radical (unpaired) electrons. The zero-order valence-corrected chi connectivity index (χ0v) is 13.7. The fourth-order valence-electron chi connectivity index (χ4n) is 2.98. The Morgan fingerprint density at radius 3 is 2.76 bits per heavy atom. The van der Waals surface area contributed by atoms with Crippen LogP contribution in [0.4, 0.5) is 4.79 Å². The molecular formula is C17H21N5O3. The third-order valence-electron chi connectivity index (χ3n) is 4.32. The number of imidazole rings is 1. The van der Waals surface area contributed by atoms with Crippen molar-refractivity contribution in [3.05, 3.63) is 54.1 Å². The molecule has 2 amide bonds. The van der Waals surface area contributed by atoms with Crippen LogP contribution in [0.2, 0.25) is 0 Å². The molecule has 4 N–H and O–H groups in total. The van der Waals surface area contributed by atoms with Gasteiger partial charge in [-0.2, -0.15) is 0 Å². The van der Waals surface area contributed by atoms with Crippen molar-refractivity contribution < 1.29 is 14.7 Å². The molecule has 0 spiro atoms. The highest BCUT2D eigenvalue weighted by molar-refractivity contribution is 5.90. The maximum atomic E-state index is 12.2. The highest BCUT2D eigenvalue weighted by Gasteiger charge is 2.32. The Hall–Kier alpha value is -2.87. The van der Waals surface area contributed by atoms with E-state index in [0.29, 0.717) is 26.1 Å². The number of aromatic amines is 1. The minimum Gasteiger partial charge on any atom is -0.465 e. The lowest BCUT2D eigenvalue weighted by molar-refractivity contribution is 0.0861. The van der Waals surface area contributed by atoms with Crippen LogP contribution in [-0.4, -0.2) is 57.1 Å². The number of H-pyrrole nitrogens is 1. The van der Waals surface area contributed by atoms with Crippen molar-refractivity contribution in [1.29, 1.82) is 0 Å². The van der Waals surface area contributed by atoms with Crippen LogP contribution in [0.3, 0.4) is 0 Å². The number of nitrogens with one attached hydrogen (secondary N) is 3. The molecule has 0 aliphatic carbocycles. The number of benzene rings is 1. The smallest absolute Gasteiger partial charge is 0.407 e. The molecule has 1 aromatic carbocycles. The Morgan fingerprint density at radius 1 is 1.28 bits per heavy atom. The number of hydrogen-bond acceptors (Lipinski definition) is 4. The van der Waals surface area contributed by atoms with Crippen LogP contribution in [0.15, 0.2) is 42.7 Å². The standard InChI is InChI=1S/C17H21N5O3/c23-16(15-18-7-8-19-15)21-13-6-9-22(17(24)25)11-14(13)20-10-12-4-2-1-3-5-12/h1-5,7-8,13-14,20H,6,9-11H2,(H,18,19)(H,21,23)(H,24,25). The van der Waals surface area contributed by atoms with Gasteiger partial charge in [-0.15, -0.1) is 0 Å². The second-order valence-corrected chi connectivity index (χ2v) is 6.01. The van der Waals surface area contributed by atoms with Crippen molar-refractivity contribution in [1.82, 2.24) is 25.5 Å². The Balaban J connectivity index is 1.66. The Kier molecular flexibility index (Phi) is 5.30. The van der Waals surface area contributed by atoms with E-state index >= 15 is 0 Å².